The van der Waals surface area contributed by atoms with Crippen LogP contribution in [-0.2, 0) is 16.2 Å². The van der Waals surface area contributed by atoms with E-state index >= 15 is 0 Å². The second kappa shape index (κ2) is 5.61. The third-order valence-electron chi connectivity index (χ3n) is 2.60. The van der Waals surface area contributed by atoms with Gasteiger partial charge in [-0.05, 0) is 12.0 Å². The van der Waals surface area contributed by atoms with E-state index in [4.69, 9.17) is 9.57 Å². The van der Waals surface area contributed by atoms with Gasteiger partial charge in [-0.3, -0.25) is 0 Å². The normalized spacial score (nSPS) is 21.2. The Kier molecular flexibility index (Phi) is 3.88. The Hall–Kier alpha value is -1.42. The summed E-state index contributed by atoms with van der Waals surface area (Å²) in [5.41, 5.74) is 1.14. The summed E-state index contributed by atoms with van der Waals surface area (Å²) < 4.78 is 5.71. The van der Waals surface area contributed by atoms with Gasteiger partial charge in [0, 0.05) is 6.42 Å². The van der Waals surface area contributed by atoms with E-state index < -0.39 is 0 Å². The van der Waals surface area contributed by atoms with Crippen LogP contribution in [0.1, 0.15) is 18.4 Å². The van der Waals surface area contributed by atoms with Gasteiger partial charge in [-0.1, -0.05) is 30.3 Å². The third-order valence-corrected chi connectivity index (χ3v) is 2.60. The lowest BCUT2D eigenvalue weighted by Crippen LogP contribution is -2.19. The van der Waals surface area contributed by atoms with Gasteiger partial charge in [0.2, 0.25) is 11.5 Å². The first-order valence-electron chi connectivity index (χ1n) is 5.58. The van der Waals surface area contributed by atoms with E-state index in [1.54, 1.807) is 0 Å². The van der Waals surface area contributed by atoms with E-state index in [1.165, 1.54) is 0 Å². The second-order valence-electron chi connectivity index (χ2n) is 3.91. The van der Waals surface area contributed by atoms with Crippen LogP contribution in [0, 0.1) is 4.91 Å². The smallest absolute Gasteiger partial charge is 0.248 e. The maximum Gasteiger partial charge on any atom is 0.248 e. The standard InChI is InChI=1S/C12H16NO3/c14-13-8-4-7-12(10-16-13)15-9-11-5-2-1-3-6-11/h1-3,5-6,12H,4,7-10H2/q+1. The van der Waals surface area contributed by atoms with E-state index in [-0.39, 0.29) is 6.10 Å². The van der Waals surface area contributed by atoms with Crippen molar-refractivity contribution in [3.63, 3.8) is 0 Å². The molecule has 4 nitrogen and oxygen atoms in total. The summed E-state index contributed by atoms with van der Waals surface area (Å²) in [7, 11) is 0. The van der Waals surface area contributed by atoms with Crippen LogP contribution in [0.3, 0.4) is 0 Å². The molecule has 2 rings (SSSR count). The topological polar surface area (TPSA) is 38.5 Å². The number of benzene rings is 1. The van der Waals surface area contributed by atoms with Gasteiger partial charge in [0.1, 0.15) is 0 Å². The quantitative estimate of drug-likeness (QED) is 0.785. The highest BCUT2D eigenvalue weighted by atomic mass is 16.8. The molecule has 1 aliphatic heterocycles. The zero-order chi connectivity index (χ0) is 11.2. The Bertz CT molecular complexity index is 339. The minimum absolute atomic E-state index is 0.0270. The van der Waals surface area contributed by atoms with E-state index in [0.29, 0.717) is 24.7 Å². The summed E-state index contributed by atoms with van der Waals surface area (Å²) in [5.74, 6) is 0. The van der Waals surface area contributed by atoms with Crippen molar-refractivity contribution in [1.29, 1.82) is 0 Å². The van der Waals surface area contributed by atoms with Crippen molar-refractivity contribution in [1.82, 2.24) is 0 Å². The van der Waals surface area contributed by atoms with Gasteiger partial charge >= 0.3 is 0 Å². The first kappa shape index (κ1) is 11.1. The van der Waals surface area contributed by atoms with Gasteiger partial charge in [-0.25, -0.2) is 4.84 Å². The lowest BCUT2D eigenvalue weighted by Gasteiger charge is -2.12. The summed E-state index contributed by atoms with van der Waals surface area (Å²) in [5, 5.41) is 0. The monoisotopic (exact) mass is 222 g/mol. The molecule has 0 amide bonds. The van der Waals surface area contributed by atoms with E-state index in [1.807, 2.05) is 30.3 Å². The van der Waals surface area contributed by atoms with Crippen molar-refractivity contribution in [3.05, 3.63) is 40.8 Å². The van der Waals surface area contributed by atoms with Crippen LogP contribution < -0.4 is 0 Å². The molecule has 1 aromatic rings. The highest BCUT2D eigenvalue weighted by molar-refractivity contribution is 5.13. The summed E-state index contributed by atoms with van der Waals surface area (Å²) in [6.07, 6.45) is 1.73. The maximum atomic E-state index is 10.9. The minimum atomic E-state index is 0.0270. The fourth-order valence-electron chi connectivity index (χ4n) is 1.68. The number of nitrogens with zero attached hydrogens (tertiary/aromatic N) is 1. The third kappa shape index (κ3) is 3.31. The molecule has 0 aromatic heterocycles. The SMILES string of the molecule is O=[N+]1CCCC(OCc2ccccc2)CO1. The van der Waals surface area contributed by atoms with E-state index in [2.05, 4.69) is 0 Å². The molecule has 0 radical (unpaired) electrons. The molecule has 1 aliphatic rings. The predicted molar refractivity (Wildman–Crippen MR) is 58.7 cm³/mol. The van der Waals surface area contributed by atoms with Crippen molar-refractivity contribution in [2.45, 2.75) is 25.6 Å². The minimum Gasteiger partial charge on any atom is -0.370 e. The van der Waals surface area contributed by atoms with Crippen LogP contribution in [0.2, 0.25) is 0 Å². The molecular formula is C12H16NO3+. The van der Waals surface area contributed by atoms with Crippen LogP contribution in [-0.4, -0.2) is 24.2 Å². The van der Waals surface area contributed by atoms with Gasteiger partial charge in [-0.2, -0.15) is 0 Å². The molecule has 4 heteroatoms. The molecule has 1 saturated heterocycles. The first-order valence-corrected chi connectivity index (χ1v) is 5.58. The molecule has 1 fully saturated rings. The maximum absolute atomic E-state index is 10.9. The lowest BCUT2D eigenvalue weighted by atomic mass is 10.2. The fraction of sp³-hybridized carbons (Fsp3) is 0.500. The second-order valence-corrected chi connectivity index (χ2v) is 3.91. The Balaban J connectivity index is 1.79. The van der Waals surface area contributed by atoms with Crippen molar-refractivity contribution < 1.29 is 14.5 Å². The van der Waals surface area contributed by atoms with E-state index in [0.717, 1.165) is 18.4 Å². The summed E-state index contributed by atoms with van der Waals surface area (Å²) in [6, 6.07) is 10.0. The summed E-state index contributed by atoms with van der Waals surface area (Å²) >= 11 is 0. The predicted octanol–water partition coefficient (Wildman–Crippen LogP) is 2.08. The van der Waals surface area contributed by atoms with Crippen LogP contribution in [0.15, 0.2) is 30.3 Å². The average molecular weight is 222 g/mol. The van der Waals surface area contributed by atoms with Gasteiger partial charge in [-0.15, -0.1) is 0 Å². The highest BCUT2D eigenvalue weighted by Crippen LogP contribution is 2.11. The Morgan fingerprint density at radius 3 is 3.00 bits per heavy atom. The number of hydrogen-bond acceptors (Lipinski definition) is 3. The molecule has 16 heavy (non-hydrogen) atoms. The van der Waals surface area contributed by atoms with Gasteiger partial charge in [0.15, 0.2) is 6.61 Å². The molecule has 0 bridgehead atoms. The number of rotatable bonds is 3. The molecule has 1 heterocycles. The van der Waals surface area contributed by atoms with Crippen LogP contribution in [0.4, 0.5) is 0 Å². The molecule has 0 N–H and O–H groups in total. The van der Waals surface area contributed by atoms with Crippen LogP contribution >= 0.6 is 0 Å². The van der Waals surface area contributed by atoms with Gasteiger partial charge < -0.3 is 4.74 Å². The Morgan fingerprint density at radius 2 is 2.19 bits per heavy atom. The van der Waals surface area contributed by atoms with Crippen molar-refractivity contribution in [2.75, 3.05) is 13.2 Å². The van der Waals surface area contributed by atoms with Crippen molar-refractivity contribution >= 4 is 0 Å². The molecule has 86 valence electrons. The van der Waals surface area contributed by atoms with Crippen LogP contribution in [0.5, 0.6) is 0 Å². The van der Waals surface area contributed by atoms with Gasteiger partial charge in [0.25, 0.3) is 0 Å². The number of hydrogen-bond donors (Lipinski definition) is 0. The molecule has 0 saturated carbocycles. The average Bonchev–Trinajstić information content (AvgIpc) is 2.53. The Morgan fingerprint density at radius 1 is 1.38 bits per heavy atom. The highest BCUT2D eigenvalue weighted by Gasteiger charge is 2.22. The molecule has 1 unspecified atom stereocenters. The van der Waals surface area contributed by atoms with Gasteiger partial charge in [0.05, 0.1) is 17.6 Å². The Labute approximate surface area is 94.7 Å². The van der Waals surface area contributed by atoms with Crippen molar-refractivity contribution in [2.24, 2.45) is 0 Å². The first-order chi connectivity index (χ1) is 7.84. The molecule has 0 aliphatic carbocycles. The zero-order valence-electron chi connectivity index (χ0n) is 9.17. The van der Waals surface area contributed by atoms with E-state index in [9.17, 15) is 4.91 Å². The molecule has 0 spiro atoms. The zero-order valence-corrected chi connectivity index (χ0v) is 9.17. The molecule has 1 aromatic carbocycles. The molecule has 1 atom stereocenters. The van der Waals surface area contributed by atoms with Crippen molar-refractivity contribution in [3.8, 4) is 0 Å². The summed E-state index contributed by atoms with van der Waals surface area (Å²) in [4.78, 5) is 16.5. The number of ether oxygens (including phenoxy) is 1. The lowest BCUT2D eigenvalue weighted by molar-refractivity contribution is -0.801. The fourth-order valence-corrected chi connectivity index (χ4v) is 1.68. The molecular weight excluding hydrogens is 206 g/mol. The largest absolute Gasteiger partial charge is 0.370 e. The summed E-state index contributed by atoms with van der Waals surface area (Å²) in [6.45, 7) is 1.37. The van der Waals surface area contributed by atoms with Crippen LogP contribution in [0.25, 0.3) is 0 Å².